The molecule has 0 spiro atoms. The van der Waals surface area contributed by atoms with Gasteiger partial charge in [-0.15, -0.1) is 0 Å². The van der Waals surface area contributed by atoms with E-state index in [2.05, 4.69) is 10.3 Å². The Kier molecular flexibility index (Phi) is 4.27. The largest absolute Gasteiger partial charge is 0.444 e. The van der Waals surface area contributed by atoms with Gasteiger partial charge in [-0.05, 0) is 45.0 Å². The molecule has 0 aliphatic heterocycles. The topological polar surface area (TPSA) is 73.2 Å². The van der Waals surface area contributed by atoms with Gasteiger partial charge in [0.05, 0.1) is 11.0 Å². The van der Waals surface area contributed by atoms with Gasteiger partial charge in [-0.25, -0.2) is 9.78 Å². The Balaban J connectivity index is 2.14. The minimum absolute atomic E-state index is 0.0724. The van der Waals surface area contributed by atoms with E-state index in [-0.39, 0.29) is 5.82 Å². The molecule has 128 valence electrons. The van der Waals surface area contributed by atoms with E-state index in [1.807, 2.05) is 48.5 Å². The highest BCUT2D eigenvalue weighted by Gasteiger charge is 2.19. The number of aromatic nitrogens is 2. The number of rotatable bonds is 2. The maximum Gasteiger partial charge on any atom is 0.413 e. The first kappa shape index (κ1) is 16.7. The Morgan fingerprint density at radius 2 is 1.68 bits per heavy atom. The molecule has 6 nitrogen and oxygen atoms in total. The van der Waals surface area contributed by atoms with Gasteiger partial charge < -0.3 is 4.74 Å². The second kappa shape index (κ2) is 6.39. The molecule has 3 rings (SSSR count). The molecular weight excluding hydrogens is 318 g/mol. The van der Waals surface area contributed by atoms with E-state index in [1.165, 1.54) is 4.57 Å². The summed E-state index contributed by atoms with van der Waals surface area (Å²) in [6.45, 7) is 5.26. The number of hydrogen-bond acceptors (Lipinski definition) is 4. The van der Waals surface area contributed by atoms with Gasteiger partial charge >= 0.3 is 6.09 Å². The van der Waals surface area contributed by atoms with Crippen LogP contribution in [0.4, 0.5) is 10.6 Å². The summed E-state index contributed by atoms with van der Waals surface area (Å²) in [7, 11) is 0. The summed E-state index contributed by atoms with van der Waals surface area (Å²) in [6.07, 6.45) is -0.716. The second-order valence-electron chi connectivity index (χ2n) is 6.55. The van der Waals surface area contributed by atoms with Crippen LogP contribution in [-0.2, 0) is 4.74 Å². The first-order valence-electron chi connectivity index (χ1n) is 7.92. The molecule has 6 heteroatoms. The second-order valence-corrected chi connectivity index (χ2v) is 6.55. The Morgan fingerprint density at radius 3 is 2.36 bits per heavy atom. The number of para-hydroxylation sites is 3. The summed E-state index contributed by atoms with van der Waals surface area (Å²) in [6, 6.07) is 16.5. The van der Waals surface area contributed by atoms with Crippen LogP contribution in [0.2, 0.25) is 0 Å². The highest BCUT2D eigenvalue weighted by Crippen LogP contribution is 2.17. The number of carbonyl (C=O) groups is 1. The molecule has 1 amide bonds. The van der Waals surface area contributed by atoms with Crippen molar-refractivity contribution in [2.75, 3.05) is 5.32 Å². The molecule has 0 saturated carbocycles. The van der Waals surface area contributed by atoms with Crippen LogP contribution in [0.1, 0.15) is 20.8 Å². The minimum atomic E-state index is -0.716. The average Bonchev–Trinajstić information content (AvgIpc) is 2.55. The Morgan fingerprint density at radius 1 is 1.04 bits per heavy atom. The van der Waals surface area contributed by atoms with Crippen molar-refractivity contribution in [2.45, 2.75) is 26.4 Å². The highest BCUT2D eigenvalue weighted by molar-refractivity contribution is 5.86. The lowest BCUT2D eigenvalue weighted by Crippen LogP contribution is -2.31. The van der Waals surface area contributed by atoms with E-state index in [1.54, 1.807) is 26.8 Å². The van der Waals surface area contributed by atoms with E-state index in [0.29, 0.717) is 16.7 Å². The van der Waals surface area contributed by atoms with Crippen LogP contribution in [0, 0.1) is 0 Å². The van der Waals surface area contributed by atoms with Gasteiger partial charge in [-0.3, -0.25) is 14.7 Å². The maximum absolute atomic E-state index is 12.9. The van der Waals surface area contributed by atoms with E-state index < -0.39 is 17.3 Å². The van der Waals surface area contributed by atoms with Crippen LogP contribution in [0.15, 0.2) is 59.4 Å². The summed E-state index contributed by atoms with van der Waals surface area (Å²) < 4.78 is 6.74. The third-order valence-electron chi connectivity index (χ3n) is 3.39. The molecule has 0 unspecified atom stereocenters. The number of hydrogen-bond donors (Lipinski definition) is 1. The first-order valence-corrected chi connectivity index (χ1v) is 7.92. The summed E-state index contributed by atoms with van der Waals surface area (Å²) in [5.74, 6) is -0.0724. The van der Waals surface area contributed by atoms with E-state index in [0.717, 1.165) is 0 Å². The van der Waals surface area contributed by atoms with Gasteiger partial charge in [-0.1, -0.05) is 30.3 Å². The van der Waals surface area contributed by atoms with Gasteiger partial charge in [-0.2, -0.15) is 0 Å². The molecule has 1 N–H and O–H groups in total. The quantitative estimate of drug-likeness (QED) is 0.773. The Hall–Kier alpha value is -3.15. The van der Waals surface area contributed by atoms with Crippen LogP contribution < -0.4 is 10.9 Å². The fourth-order valence-electron chi connectivity index (χ4n) is 2.45. The predicted octanol–water partition coefficient (Wildman–Crippen LogP) is 3.73. The molecule has 1 aromatic heterocycles. The van der Waals surface area contributed by atoms with Crippen molar-refractivity contribution in [1.82, 2.24) is 9.55 Å². The summed E-state index contributed by atoms with van der Waals surface area (Å²) in [5, 5.41) is 2.46. The zero-order valence-electron chi connectivity index (χ0n) is 14.3. The van der Waals surface area contributed by atoms with Crippen molar-refractivity contribution >= 4 is 22.9 Å². The number of anilines is 1. The molecule has 3 aromatic rings. The summed E-state index contributed by atoms with van der Waals surface area (Å²) in [5.41, 5.74) is 0.860. The normalized spacial score (nSPS) is 11.3. The minimum Gasteiger partial charge on any atom is -0.444 e. The zero-order valence-corrected chi connectivity index (χ0v) is 14.3. The highest BCUT2D eigenvalue weighted by atomic mass is 16.6. The molecule has 0 fully saturated rings. The number of carbonyl (C=O) groups excluding carboxylic acids is 1. The smallest absolute Gasteiger partial charge is 0.413 e. The third-order valence-corrected chi connectivity index (χ3v) is 3.39. The number of fused-ring (bicyclic) bond motifs is 1. The molecule has 25 heavy (non-hydrogen) atoms. The third kappa shape index (κ3) is 3.68. The van der Waals surface area contributed by atoms with Gasteiger partial charge in [0.15, 0.2) is 0 Å². The lowest BCUT2D eigenvalue weighted by molar-refractivity contribution is 0.0635. The predicted molar refractivity (Wildman–Crippen MR) is 97.2 cm³/mol. The molecular formula is C19H19N3O3. The summed E-state index contributed by atoms with van der Waals surface area (Å²) in [4.78, 5) is 29.2. The Labute approximate surface area is 145 Å². The van der Waals surface area contributed by atoms with E-state index >= 15 is 0 Å². The van der Waals surface area contributed by atoms with Crippen molar-refractivity contribution < 1.29 is 9.53 Å². The fraction of sp³-hybridized carbons (Fsp3) is 0.211. The molecule has 0 saturated heterocycles. The standard InChI is InChI=1S/C19H19N3O3/c1-19(2,3)25-18(24)21-16-17(23)22(13-9-5-4-6-10-13)15-12-8-7-11-14(15)20-16/h4-12H,1-3H3,(H,20,21,24). The molecule has 2 aromatic carbocycles. The van der Waals surface area contributed by atoms with E-state index in [9.17, 15) is 9.59 Å². The molecule has 0 aliphatic carbocycles. The van der Waals surface area contributed by atoms with Crippen molar-refractivity contribution in [3.63, 3.8) is 0 Å². The zero-order chi connectivity index (χ0) is 18.0. The van der Waals surface area contributed by atoms with Gasteiger partial charge in [0.1, 0.15) is 5.60 Å². The van der Waals surface area contributed by atoms with Crippen LogP contribution in [0.25, 0.3) is 16.7 Å². The number of nitrogens with one attached hydrogen (secondary N) is 1. The number of nitrogens with zero attached hydrogens (tertiary/aromatic N) is 2. The maximum atomic E-state index is 12.9. The first-order chi connectivity index (χ1) is 11.8. The van der Waals surface area contributed by atoms with Gasteiger partial charge in [0.2, 0.25) is 5.82 Å². The number of ether oxygens (including phenoxy) is 1. The monoisotopic (exact) mass is 337 g/mol. The van der Waals surface area contributed by atoms with Crippen molar-refractivity contribution in [3.8, 4) is 5.69 Å². The lowest BCUT2D eigenvalue weighted by atomic mass is 10.2. The summed E-state index contributed by atoms with van der Waals surface area (Å²) >= 11 is 0. The van der Waals surface area contributed by atoms with Crippen LogP contribution in [0.5, 0.6) is 0 Å². The van der Waals surface area contributed by atoms with Crippen LogP contribution in [0.3, 0.4) is 0 Å². The van der Waals surface area contributed by atoms with Crippen LogP contribution in [-0.4, -0.2) is 21.2 Å². The number of amides is 1. The van der Waals surface area contributed by atoms with Gasteiger partial charge in [0.25, 0.3) is 5.56 Å². The molecule has 0 bridgehead atoms. The number of benzene rings is 2. The van der Waals surface area contributed by atoms with E-state index in [4.69, 9.17) is 4.74 Å². The van der Waals surface area contributed by atoms with Crippen molar-refractivity contribution in [2.24, 2.45) is 0 Å². The lowest BCUT2D eigenvalue weighted by Gasteiger charge is -2.19. The van der Waals surface area contributed by atoms with Crippen molar-refractivity contribution in [3.05, 3.63) is 65.0 Å². The van der Waals surface area contributed by atoms with Gasteiger partial charge in [0, 0.05) is 5.69 Å². The van der Waals surface area contributed by atoms with Crippen molar-refractivity contribution in [1.29, 1.82) is 0 Å². The molecule has 1 heterocycles. The molecule has 0 aliphatic rings. The molecule has 0 radical (unpaired) electrons. The average molecular weight is 337 g/mol. The van der Waals surface area contributed by atoms with Crippen LogP contribution >= 0.6 is 0 Å². The fourth-order valence-corrected chi connectivity index (χ4v) is 2.45. The SMILES string of the molecule is CC(C)(C)OC(=O)Nc1nc2ccccc2n(-c2ccccc2)c1=O. The Bertz CT molecular complexity index is 973. The molecule has 0 atom stereocenters.